The maximum atomic E-state index is 9.31. The van der Waals surface area contributed by atoms with Gasteiger partial charge >= 0.3 is 0 Å². The molecule has 0 unspecified atom stereocenters. The maximum Gasteiger partial charge on any atom is 0.144 e. The van der Waals surface area contributed by atoms with Crippen LogP contribution in [-0.2, 0) is 0 Å². The Morgan fingerprint density at radius 2 is 1.94 bits per heavy atom. The topological polar surface area (TPSA) is 37.5 Å². The largest absolute Gasteiger partial charge is 0.508 e. The van der Waals surface area contributed by atoms with Crippen LogP contribution in [0.15, 0.2) is 48.9 Å². The summed E-state index contributed by atoms with van der Waals surface area (Å²) in [5, 5.41) is 9.31. The number of benzene rings is 1. The van der Waals surface area contributed by atoms with Crippen molar-refractivity contribution in [1.82, 2.24) is 9.38 Å². The van der Waals surface area contributed by atoms with E-state index in [9.17, 15) is 5.11 Å². The van der Waals surface area contributed by atoms with Crippen LogP contribution in [0.4, 0.5) is 0 Å². The Balaban J connectivity index is 2.28. The summed E-state index contributed by atoms with van der Waals surface area (Å²) < 4.78 is 3.15. The first kappa shape index (κ1) is 10.6. The quantitative estimate of drug-likeness (QED) is 0.693. The summed E-state index contributed by atoms with van der Waals surface area (Å²) in [5.41, 5.74) is 3.05. The molecule has 1 aromatic carbocycles. The minimum Gasteiger partial charge on any atom is -0.508 e. The van der Waals surface area contributed by atoms with Gasteiger partial charge in [0.15, 0.2) is 0 Å². The van der Waals surface area contributed by atoms with E-state index in [1.165, 1.54) is 0 Å². The number of hydrogen-bond acceptors (Lipinski definition) is 2. The fourth-order valence-electron chi connectivity index (χ4n) is 1.85. The molecule has 84 valence electrons. The Morgan fingerprint density at radius 3 is 2.71 bits per heavy atom. The first-order chi connectivity index (χ1) is 8.24. The summed E-state index contributed by atoms with van der Waals surface area (Å²) in [5.74, 6) is 0.277. The van der Waals surface area contributed by atoms with Gasteiger partial charge in [0, 0.05) is 27.7 Å². The number of nitrogens with zero attached hydrogens (tertiary/aromatic N) is 2. The maximum absolute atomic E-state index is 9.31. The molecule has 3 rings (SSSR count). The molecule has 0 amide bonds. The van der Waals surface area contributed by atoms with Crippen LogP contribution >= 0.6 is 22.6 Å². The fraction of sp³-hybridized carbons (Fsp3) is 0. The van der Waals surface area contributed by atoms with Crippen LogP contribution < -0.4 is 0 Å². The van der Waals surface area contributed by atoms with Gasteiger partial charge in [0.2, 0.25) is 0 Å². The van der Waals surface area contributed by atoms with Gasteiger partial charge in [-0.2, -0.15) is 0 Å². The van der Waals surface area contributed by atoms with Gasteiger partial charge in [-0.3, -0.25) is 0 Å². The smallest absolute Gasteiger partial charge is 0.144 e. The molecule has 0 aliphatic carbocycles. The number of fused-ring (bicyclic) bond motifs is 1. The molecule has 0 saturated heterocycles. The summed E-state index contributed by atoms with van der Waals surface area (Å²) in [6.07, 6.45) is 5.75. The van der Waals surface area contributed by atoms with Crippen LogP contribution in [0.2, 0.25) is 0 Å². The molecule has 3 nitrogen and oxygen atoms in total. The predicted molar refractivity (Wildman–Crippen MR) is 75.0 cm³/mol. The van der Waals surface area contributed by atoms with Crippen LogP contribution in [0, 0.1) is 3.57 Å². The molecule has 4 heteroatoms. The monoisotopic (exact) mass is 336 g/mol. The molecule has 0 aliphatic rings. The molecular formula is C13H9IN2O. The second kappa shape index (κ2) is 4.03. The van der Waals surface area contributed by atoms with Gasteiger partial charge in [-0.1, -0.05) is 12.1 Å². The van der Waals surface area contributed by atoms with Gasteiger partial charge in [-0.15, -0.1) is 0 Å². The molecule has 3 aromatic rings. The summed E-state index contributed by atoms with van der Waals surface area (Å²) in [7, 11) is 0. The van der Waals surface area contributed by atoms with E-state index >= 15 is 0 Å². The number of rotatable bonds is 1. The summed E-state index contributed by atoms with van der Waals surface area (Å²) in [6.45, 7) is 0. The van der Waals surface area contributed by atoms with Crippen molar-refractivity contribution >= 4 is 28.2 Å². The molecule has 2 heterocycles. The number of phenols is 1. The lowest BCUT2D eigenvalue weighted by molar-refractivity contribution is 0.475. The minimum absolute atomic E-state index is 0.277. The molecule has 0 bridgehead atoms. The predicted octanol–water partition coefficient (Wildman–Crippen LogP) is 3.31. The van der Waals surface area contributed by atoms with Crippen LogP contribution in [0.1, 0.15) is 0 Å². The summed E-state index contributed by atoms with van der Waals surface area (Å²) in [4.78, 5) is 4.36. The van der Waals surface area contributed by atoms with Crippen molar-refractivity contribution in [2.45, 2.75) is 0 Å². The highest BCUT2D eigenvalue weighted by atomic mass is 127. The third-order valence-corrected chi connectivity index (χ3v) is 3.22. The first-order valence-corrected chi connectivity index (χ1v) is 6.23. The second-order valence-electron chi connectivity index (χ2n) is 3.78. The standard InChI is InChI=1S/C13H9IN2O/c14-10-7-12(9-1-3-11(17)4-2-9)13-15-5-6-16(13)8-10/h1-8,17H. The Hall–Kier alpha value is -1.56. The van der Waals surface area contributed by atoms with Crippen molar-refractivity contribution in [1.29, 1.82) is 0 Å². The SMILES string of the molecule is Oc1ccc(-c2cc(I)cn3ccnc23)cc1. The second-order valence-corrected chi connectivity index (χ2v) is 5.02. The van der Waals surface area contributed by atoms with Gasteiger partial charge in [0.05, 0.1) is 0 Å². The number of pyridine rings is 1. The molecule has 0 aliphatic heterocycles. The van der Waals surface area contributed by atoms with Gasteiger partial charge in [-0.05, 0) is 46.4 Å². The normalized spacial score (nSPS) is 10.9. The zero-order chi connectivity index (χ0) is 11.8. The third-order valence-electron chi connectivity index (χ3n) is 2.63. The van der Waals surface area contributed by atoms with E-state index in [1.54, 1.807) is 18.3 Å². The minimum atomic E-state index is 0.277. The van der Waals surface area contributed by atoms with Crippen molar-refractivity contribution in [3.63, 3.8) is 0 Å². The highest BCUT2D eigenvalue weighted by Crippen LogP contribution is 2.27. The lowest BCUT2D eigenvalue weighted by atomic mass is 10.1. The molecule has 0 spiro atoms. The summed E-state index contributed by atoms with van der Waals surface area (Å²) in [6, 6.07) is 9.27. The number of phenolic OH excluding ortho intramolecular Hbond substituents is 1. The zero-order valence-electron chi connectivity index (χ0n) is 8.84. The van der Waals surface area contributed by atoms with Gasteiger partial charge < -0.3 is 9.51 Å². The van der Waals surface area contributed by atoms with Crippen LogP contribution in [0.5, 0.6) is 5.75 Å². The Kier molecular flexibility index (Phi) is 2.51. The van der Waals surface area contributed by atoms with E-state index < -0.39 is 0 Å². The molecule has 0 saturated carbocycles. The van der Waals surface area contributed by atoms with Gasteiger partial charge in [-0.25, -0.2) is 4.98 Å². The van der Waals surface area contributed by atoms with Crippen molar-refractivity contribution < 1.29 is 5.11 Å². The van der Waals surface area contributed by atoms with E-state index in [2.05, 4.69) is 33.6 Å². The molecule has 0 fully saturated rings. The molecular weight excluding hydrogens is 327 g/mol. The Morgan fingerprint density at radius 1 is 1.18 bits per heavy atom. The zero-order valence-corrected chi connectivity index (χ0v) is 11.0. The highest BCUT2D eigenvalue weighted by Gasteiger charge is 2.06. The van der Waals surface area contributed by atoms with Crippen molar-refractivity contribution in [3.8, 4) is 16.9 Å². The van der Waals surface area contributed by atoms with Crippen LogP contribution in [0.3, 0.4) is 0 Å². The van der Waals surface area contributed by atoms with Crippen molar-refractivity contribution in [3.05, 3.63) is 52.5 Å². The highest BCUT2D eigenvalue weighted by molar-refractivity contribution is 14.1. The molecule has 17 heavy (non-hydrogen) atoms. The van der Waals surface area contributed by atoms with Crippen LogP contribution in [-0.4, -0.2) is 14.5 Å². The molecule has 0 radical (unpaired) electrons. The average molecular weight is 336 g/mol. The van der Waals surface area contributed by atoms with Crippen molar-refractivity contribution in [2.75, 3.05) is 0 Å². The first-order valence-electron chi connectivity index (χ1n) is 5.16. The Labute approximate surface area is 112 Å². The number of hydrogen-bond donors (Lipinski definition) is 1. The Bertz CT molecular complexity index is 673. The van der Waals surface area contributed by atoms with Gasteiger partial charge in [0.25, 0.3) is 0 Å². The third kappa shape index (κ3) is 1.88. The van der Waals surface area contributed by atoms with Crippen LogP contribution in [0.25, 0.3) is 16.8 Å². The molecule has 2 aromatic heterocycles. The van der Waals surface area contributed by atoms with E-state index in [1.807, 2.05) is 28.9 Å². The van der Waals surface area contributed by atoms with E-state index in [0.29, 0.717) is 0 Å². The van der Waals surface area contributed by atoms with E-state index in [0.717, 1.165) is 20.3 Å². The fourth-order valence-corrected chi connectivity index (χ4v) is 2.46. The average Bonchev–Trinajstić information content (AvgIpc) is 2.77. The van der Waals surface area contributed by atoms with E-state index in [4.69, 9.17) is 0 Å². The number of halogens is 1. The lowest BCUT2D eigenvalue weighted by Gasteiger charge is -2.05. The van der Waals surface area contributed by atoms with Crippen molar-refractivity contribution in [2.24, 2.45) is 0 Å². The van der Waals surface area contributed by atoms with Gasteiger partial charge in [0.1, 0.15) is 11.4 Å². The number of imidazole rings is 1. The molecule has 0 atom stereocenters. The number of aromatic hydroxyl groups is 1. The molecule has 1 N–H and O–H groups in total. The lowest BCUT2D eigenvalue weighted by Crippen LogP contribution is -1.89. The number of aromatic nitrogens is 2. The van der Waals surface area contributed by atoms with E-state index in [-0.39, 0.29) is 5.75 Å². The summed E-state index contributed by atoms with van der Waals surface area (Å²) >= 11 is 2.29.